The molecule has 14 heavy (non-hydrogen) atoms. The average Bonchev–Trinajstić information content (AvgIpc) is 2.25. The Balaban J connectivity index is 2.20. The van der Waals surface area contributed by atoms with Crippen molar-refractivity contribution in [2.45, 2.75) is 6.42 Å². The second-order valence-electron chi connectivity index (χ2n) is 3.53. The molecule has 0 fully saturated rings. The van der Waals surface area contributed by atoms with E-state index in [1.54, 1.807) is 7.11 Å². The Kier molecular flexibility index (Phi) is 5.27. The van der Waals surface area contributed by atoms with Crippen LogP contribution < -0.4 is 0 Å². The van der Waals surface area contributed by atoms with E-state index in [0.29, 0.717) is 0 Å². The first-order chi connectivity index (χ1) is 6.83. The lowest BCUT2D eigenvalue weighted by Crippen LogP contribution is -2.25. The van der Waals surface area contributed by atoms with Gasteiger partial charge in [-0.3, -0.25) is 0 Å². The SMILES string of the molecule is COCCN(C)CCc1ccccc1. The molecule has 78 valence electrons. The molecule has 0 bridgehead atoms. The smallest absolute Gasteiger partial charge is 0.0589 e. The summed E-state index contributed by atoms with van der Waals surface area (Å²) in [5.41, 5.74) is 1.40. The summed E-state index contributed by atoms with van der Waals surface area (Å²) in [6.07, 6.45) is 1.11. The first-order valence-corrected chi connectivity index (χ1v) is 5.04. The molecule has 0 aromatic heterocycles. The van der Waals surface area contributed by atoms with E-state index in [0.717, 1.165) is 26.1 Å². The third kappa shape index (κ3) is 4.40. The van der Waals surface area contributed by atoms with Gasteiger partial charge in [0.25, 0.3) is 0 Å². The Hall–Kier alpha value is -0.860. The third-order valence-corrected chi connectivity index (χ3v) is 2.30. The van der Waals surface area contributed by atoms with Crippen LogP contribution in [0.25, 0.3) is 0 Å². The van der Waals surface area contributed by atoms with Crippen LogP contribution in [0, 0.1) is 0 Å². The Bertz CT molecular complexity index is 235. The van der Waals surface area contributed by atoms with Crippen molar-refractivity contribution in [3.05, 3.63) is 35.9 Å². The highest BCUT2D eigenvalue weighted by atomic mass is 16.5. The van der Waals surface area contributed by atoms with E-state index >= 15 is 0 Å². The normalized spacial score (nSPS) is 10.8. The van der Waals surface area contributed by atoms with Crippen molar-refractivity contribution in [2.75, 3.05) is 33.9 Å². The molecule has 0 heterocycles. The van der Waals surface area contributed by atoms with Crippen molar-refractivity contribution >= 4 is 0 Å². The fraction of sp³-hybridized carbons (Fsp3) is 0.500. The zero-order valence-corrected chi connectivity index (χ0v) is 9.07. The van der Waals surface area contributed by atoms with E-state index in [1.165, 1.54) is 5.56 Å². The van der Waals surface area contributed by atoms with Crippen molar-refractivity contribution < 1.29 is 4.74 Å². The lowest BCUT2D eigenvalue weighted by Gasteiger charge is -2.15. The average molecular weight is 193 g/mol. The number of benzene rings is 1. The van der Waals surface area contributed by atoms with Crippen LogP contribution in [-0.2, 0) is 11.2 Å². The van der Waals surface area contributed by atoms with Gasteiger partial charge in [0.15, 0.2) is 0 Å². The molecule has 0 saturated carbocycles. The van der Waals surface area contributed by atoms with Crippen molar-refractivity contribution in [1.29, 1.82) is 0 Å². The van der Waals surface area contributed by atoms with Crippen LogP contribution in [0.5, 0.6) is 0 Å². The van der Waals surface area contributed by atoms with Crippen LogP contribution in [-0.4, -0.2) is 38.8 Å². The van der Waals surface area contributed by atoms with E-state index in [1.807, 2.05) is 0 Å². The second-order valence-corrected chi connectivity index (χ2v) is 3.53. The molecule has 1 aromatic rings. The second kappa shape index (κ2) is 6.57. The van der Waals surface area contributed by atoms with E-state index in [9.17, 15) is 0 Å². The summed E-state index contributed by atoms with van der Waals surface area (Å²) in [5, 5.41) is 0. The van der Waals surface area contributed by atoms with Gasteiger partial charge in [-0.25, -0.2) is 0 Å². The van der Waals surface area contributed by atoms with Gasteiger partial charge in [0.1, 0.15) is 0 Å². The van der Waals surface area contributed by atoms with Gasteiger partial charge in [-0.1, -0.05) is 30.3 Å². The van der Waals surface area contributed by atoms with Gasteiger partial charge in [0.05, 0.1) is 6.61 Å². The highest BCUT2D eigenvalue weighted by Crippen LogP contribution is 2.00. The number of hydrogen-bond acceptors (Lipinski definition) is 2. The molecular formula is C12H19NO. The van der Waals surface area contributed by atoms with Crippen LogP contribution in [0.3, 0.4) is 0 Å². The minimum absolute atomic E-state index is 0.811. The first kappa shape index (κ1) is 11.2. The number of methoxy groups -OCH3 is 1. The summed E-state index contributed by atoms with van der Waals surface area (Å²) in [5.74, 6) is 0. The maximum Gasteiger partial charge on any atom is 0.0589 e. The lowest BCUT2D eigenvalue weighted by atomic mass is 10.1. The molecule has 0 radical (unpaired) electrons. The van der Waals surface area contributed by atoms with Crippen molar-refractivity contribution in [3.8, 4) is 0 Å². The Morgan fingerprint density at radius 3 is 2.50 bits per heavy atom. The van der Waals surface area contributed by atoms with Gasteiger partial charge in [0.2, 0.25) is 0 Å². The lowest BCUT2D eigenvalue weighted by molar-refractivity contribution is 0.162. The largest absolute Gasteiger partial charge is 0.383 e. The van der Waals surface area contributed by atoms with Gasteiger partial charge in [-0.05, 0) is 19.0 Å². The summed E-state index contributed by atoms with van der Waals surface area (Å²) >= 11 is 0. The van der Waals surface area contributed by atoms with Crippen molar-refractivity contribution in [3.63, 3.8) is 0 Å². The molecule has 0 atom stereocenters. The molecule has 0 aliphatic heterocycles. The first-order valence-electron chi connectivity index (χ1n) is 5.04. The molecular weight excluding hydrogens is 174 g/mol. The van der Waals surface area contributed by atoms with Gasteiger partial charge in [-0.2, -0.15) is 0 Å². The predicted molar refractivity (Wildman–Crippen MR) is 59.5 cm³/mol. The maximum absolute atomic E-state index is 5.02. The highest BCUT2D eigenvalue weighted by Gasteiger charge is 1.97. The predicted octanol–water partition coefficient (Wildman–Crippen LogP) is 1.81. The Morgan fingerprint density at radius 1 is 1.14 bits per heavy atom. The van der Waals surface area contributed by atoms with Gasteiger partial charge >= 0.3 is 0 Å². The number of nitrogens with zero attached hydrogens (tertiary/aromatic N) is 1. The van der Waals surface area contributed by atoms with Crippen LogP contribution in [0.2, 0.25) is 0 Å². The summed E-state index contributed by atoms with van der Waals surface area (Å²) < 4.78 is 5.02. The van der Waals surface area contributed by atoms with E-state index in [4.69, 9.17) is 4.74 Å². The van der Waals surface area contributed by atoms with E-state index in [2.05, 4.69) is 42.3 Å². The van der Waals surface area contributed by atoms with E-state index < -0.39 is 0 Å². The number of hydrogen-bond donors (Lipinski definition) is 0. The molecule has 0 unspecified atom stereocenters. The Morgan fingerprint density at radius 2 is 1.86 bits per heavy atom. The minimum atomic E-state index is 0.811. The van der Waals surface area contributed by atoms with E-state index in [-0.39, 0.29) is 0 Å². The minimum Gasteiger partial charge on any atom is -0.383 e. The monoisotopic (exact) mass is 193 g/mol. The fourth-order valence-electron chi connectivity index (χ4n) is 1.32. The summed E-state index contributed by atoms with van der Waals surface area (Å²) in [6.45, 7) is 2.90. The summed E-state index contributed by atoms with van der Waals surface area (Å²) in [7, 11) is 3.87. The molecule has 0 N–H and O–H groups in total. The van der Waals surface area contributed by atoms with Crippen LogP contribution in [0.15, 0.2) is 30.3 Å². The van der Waals surface area contributed by atoms with Gasteiger partial charge in [0, 0.05) is 20.2 Å². The third-order valence-electron chi connectivity index (χ3n) is 2.30. The Labute approximate surface area is 86.5 Å². The molecule has 0 spiro atoms. The standard InChI is InChI=1S/C12H19NO/c1-13(10-11-14-2)9-8-12-6-4-3-5-7-12/h3-7H,8-11H2,1-2H3. The van der Waals surface area contributed by atoms with Gasteiger partial charge in [-0.15, -0.1) is 0 Å². The zero-order valence-electron chi connectivity index (χ0n) is 9.07. The zero-order chi connectivity index (χ0) is 10.2. The molecule has 2 nitrogen and oxygen atoms in total. The molecule has 0 aliphatic carbocycles. The number of likely N-dealkylation sites (N-methyl/N-ethyl adjacent to an activating group) is 1. The van der Waals surface area contributed by atoms with Crippen LogP contribution in [0.4, 0.5) is 0 Å². The van der Waals surface area contributed by atoms with Gasteiger partial charge < -0.3 is 9.64 Å². The quantitative estimate of drug-likeness (QED) is 0.683. The maximum atomic E-state index is 5.02. The van der Waals surface area contributed by atoms with Crippen molar-refractivity contribution in [1.82, 2.24) is 4.90 Å². The molecule has 1 aromatic carbocycles. The van der Waals surface area contributed by atoms with Crippen LogP contribution in [0.1, 0.15) is 5.56 Å². The molecule has 0 saturated heterocycles. The topological polar surface area (TPSA) is 12.5 Å². The summed E-state index contributed by atoms with van der Waals surface area (Å²) in [6, 6.07) is 10.6. The number of ether oxygens (including phenoxy) is 1. The van der Waals surface area contributed by atoms with Crippen LogP contribution >= 0.6 is 0 Å². The highest BCUT2D eigenvalue weighted by molar-refractivity contribution is 5.14. The molecule has 1 rings (SSSR count). The van der Waals surface area contributed by atoms with Crippen molar-refractivity contribution in [2.24, 2.45) is 0 Å². The molecule has 0 aliphatic rings. The summed E-state index contributed by atoms with van der Waals surface area (Å²) in [4.78, 5) is 2.29. The molecule has 2 heteroatoms. The number of rotatable bonds is 6. The fourth-order valence-corrected chi connectivity index (χ4v) is 1.32. The molecule has 0 amide bonds.